The van der Waals surface area contributed by atoms with Gasteiger partial charge in [-0.1, -0.05) is 84.7 Å². The van der Waals surface area contributed by atoms with E-state index in [0.717, 1.165) is 64.4 Å². The molecule has 2 saturated carbocycles. The van der Waals surface area contributed by atoms with Gasteiger partial charge in [-0.25, -0.2) is 0 Å². The van der Waals surface area contributed by atoms with Gasteiger partial charge in [-0.05, 0) is 85.0 Å². The van der Waals surface area contributed by atoms with Gasteiger partial charge in [0.1, 0.15) is 10.5 Å². The molecule has 0 saturated heterocycles. The van der Waals surface area contributed by atoms with Gasteiger partial charge in [0.15, 0.2) is 0 Å². The molecule has 0 heterocycles. The van der Waals surface area contributed by atoms with Crippen molar-refractivity contribution < 1.29 is 4.43 Å². The molecule has 0 N–H and O–H groups in total. The Morgan fingerprint density at radius 2 is 1.32 bits per heavy atom. The third-order valence-corrected chi connectivity index (χ3v) is 9.60. The molecule has 1 aromatic rings. The van der Waals surface area contributed by atoms with Crippen LogP contribution in [0.5, 0.6) is 0 Å². The average molecular weight is 443 g/mol. The minimum absolute atomic E-state index is 0.274. The van der Waals surface area contributed by atoms with Gasteiger partial charge in [-0.3, -0.25) is 0 Å². The lowest BCUT2D eigenvalue weighted by atomic mass is 9.48. The Labute approximate surface area is 196 Å². The standard InChI is InChI=1S/C29H50OSi/c1-20(2)25-14-12-22(5)16-27(25)29(19-30-31,18-24-10-8-7-9-11-24)28-17-23(6)13-15-26(28)21(3)4/h7-11,20-23,25-28H,12-19H2,1-6,31H3. The largest absolute Gasteiger partial charge is 0.427 e. The molecular formula is C29H50OSi. The summed E-state index contributed by atoms with van der Waals surface area (Å²) in [6.07, 6.45) is 9.66. The summed E-state index contributed by atoms with van der Waals surface area (Å²) < 4.78 is 6.35. The van der Waals surface area contributed by atoms with Gasteiger partial charge in [0.05, 0.1) is 0 Å². The van der Waals surface area contributed by atoms with Crippen molar-refractivity contribution in [3.05, 3.63) is 35.9 Å². The van der Waals surface area contributed by atoms with Crippen molar-refractivity contribution in [2.75, 3.05) is 6.61 Å². The van der Waals surface area contributed by atoms with Crippen LogP contribution in [0.3, 0.4) is 0 Å². The molecule has 3 rings (SSSR count). The van der Waals surface area contributed by atoms with Crippen LogP contribution in [0, 0.1) is 52.8 Å². The van der Waals surface area contributed by atoms with Gasteiger partial charge in [-0.15, -0.1) is 0 Å². The van der Waals surface area contributed by atoms with Gasteiger partial charge in [0.25, 0.3) is 0 Å². The zero-order valence-corrected chi connectivity index (χ0v) is 23.6. The van der Waals surface area contributed by atoms with Crippen LogP contribution in [0.2, 0.25) is 0 Å². The van der Waals surface area contributed by atoms with Crippen LogP contribution in [0.15, 0.2) is 30.3 Å². The number of rotatable bonds is 8. The lowest BCUT2D eigenvalue weighted by Gasteiger charge is -2.57. The Hall–Kier alpha value is -0.603. The SMILES string of the molecule is CC1CCC(C(C)C)C(C(CO[SiH3])(Cc2ccccc2)C2CC(C)CCC2C(C)C)C1. The molecule has 176 valence electrons. The molecule has 2 fully saturated rings. The minimum Gasteiger partial charge on any atom is -0.427 e. The molecule has 0 aliphatic heterocycles. The normalized spacial score (nSPS) is 34.2. The average Bonchev–Trinajstić information content (AvgIpc) is 2.73. The van der Waals surface area contributed by atoms with Gasteiger partial charge in [0, 0.05) is 12.0 Å². The summed E-state index contributed by atoms with van der Waals surface area (Å²) in [6.45, 7) is 16.0. The maximum absolute atomic E-state index is 6.35. The van der Waals surface area contributed by atoms with Crippen LogP contribution in [0.1, 0.15) is 85.6 Å². The highest BCUT2D eigenvalue weighted by Crippen LogP contribution is 2.58. The minimum atomic E-state index is 0.274. The summed E-state index contributed by atoms with van der Waals surface area (Å²) in [5.74, 6) is 6.46. The first-order valence-electron chi connectivity index (χ1n) is 13.3. The number of benzene rings is 1. The molecule has 0 bridgehead atoms. The first kappa shape index (κ1) is 25.0. The van der Waals surface area contributed by atoms with Gasteiger partial charge in [0.2, 0.25) is 0 Å². The van der Waals surface area contributed by atoms with Crippen LogP contribution in [-0.2, 0) is 10.8 Å². The molecule has 0 radical (unpaired) electrons. The van der Waals surface area contributed by atoms with Crippen molar-refractivity contribution >= 4 is 10.5 Å². The summed E-state index contributed by atoms with van der Waals surface area (Å²) in [6, 6.07) is 11.4. The van der Waals surface area contributed by atoms with E-state index in [-0.39, 0.29) is 5.41 Å². The maximum Gasteiger partial charge on any atom is 0.145 e. The maximum atomic E-state index is 6.35. The Bertz CT molecular complexity index is 622. The molecule has 2 aliphatic rings. The van der Waals surface area contributed by atoms with E-state index < -0.39 is 0 Å². The fraction of sp³-hybridized carbons (Fsp3) is 0.793. The van der Waals surface area contributed by atoms with Crippen molar-refractivity contribution in [3.63, 3.8) is 0 Å². The number of hydrogen-bond donors (Lipinski definition) is 0. The fourth-order valence-corrected chi connectivity index (χ4v) is 8.31. The Balaban J connectivity index is 2.13. The predicted octanol–water partition coefficient (Wildman–Crippen LogP) is 6.93. The Morgan fingerprint density at radius 3 is 1.74 bits per heavy atom. The molecule has 0 spiro atoms. The van der Waals surface area contributed by atoms with Crippen LogP contribution >= 0.6 is 0 Å². The molecule has 6 unspecified atom stereocenters. The highest BCUT2D eigenvalue weighted by Gasteiger charge is 2.53. The Kier molecular flexibility index (Phi) is 8.89. The highest BCUT2D eigenvalue weighted by atomic mass is 28.2. The topological polar surface area (TPSA) is 9.23 Å². The molecule has 2 aliphatic carbocycles. The van der Waals surface area contributed by atoms with E-state index in [0.29, 0.717) is 0 Å². The van der Waals surface area contributed by atoms with Gasteiger partial charge < -0.3 is 4.43 Å². The van der Waals surface area contributed by atoms with Crippen molar-refractivity contribution in [2.24, 2.45) is 52.8 Å². The second-order valence-corrected chi connectivity index (χ2v) is 12.8. The molecule has 0 amide bonds. The second-order valence-electron chi connectivity index (χ2n) is 12.2. The summed E-state index contributed by atoms with van der Waals surface area (Å²) >= 11 is 0. The van der Waals surface area contributed by atoms with E-state index in [4.69, 9.17) is 4.43 Å². The van der Waals surface area contributed by atoms with E-state index in [1.54, 1.807) is 0 Å². The van der Waals surface area contributed by atoms with Crippen molar-refractivity contribution in [1.82, 2.24) is 0 Å². The molecule has 31 heavy (non-hydrogen) atoms. The monoisotopic (exact) mass is 442 g/mol. The van der Waals surface area contributed by atoms with Crippen molar-refractivity contribution in [3.8, 4) is 0 Å². The summed E-state index contributed by atoms with van der Waals surface area (Å²) in [4.78, 5) is 0. The molecule has 1 nitrogen and oxygen atoms in total. The van der Waals surface area contributed by atoms with E-state index in [1.165, 1.54) is 50.5 Å². The lowest BCUT2D eigenvalue weighted by molar-refractivity contribution is -0.0951. The number of hydrogen-bond acceptors (Lipinski definition) is 1. The predicted molar refractivity (Wildman–Crippen MR) is 138 cm³/mol. The zero-order valence-electron chi connectivity index (χ0n) is 21.6. The van der Waals surface area contributed by atoms with Crippen molar-refractivity contribution in [1.29, 1.82) is 0 Å². The second kappa shape index (κ2) is 11.0. The first-order chi connectivity index (χ1) is 14.8. The first-order valence-corrected chi connectivity index (χ1v) is 14.1. The van der Waals surface area contributed by atoms with Crippen molar-refractivity contribution in [2.45, 2.75) is 86.5 Å². The highest BCUT2D eigenvalue weighted by molar-refractivity contribution is 5.97. The molecular weight excluding hydrogens is 392 g/mol. The van der Waals surface area contributed by atoms with Crippen LogP contribution < -0.4 is 0 Å². The quantitative estimate of drug-likeness (QED) is 0.397. The summed E-state index contributed by atoms with van der Waals surface area (Å²) in [5.41, 5.74) is 1.80. The molecule has 6 atom stereocenters. The fourth-order valence-electron chi connectivity index (χ4n) is 7.77. The molecule has 0 aromatic heterocycles. The molecule has 1 aromatic carbocycles. The summed E-state index contributed by atoms with van der Waals surface area (Å²) in [5, 5.41) is 0. The van der Waals surface area contributed by atoms with Gasteiger partial charge >= 0.3 is 0 Å². The smallest absolute Gasteiger partial charge is 0.145 e. The zero-order chi connectivity index (χ0) is 22.6. The van der Waals surface area contributed by atoms with E-state index in [9.17, 15) is 0 Å². The lowest BCUT2D eigenvalue weighted by Crippen LogP contribution is -2.53. The van der Waals surface area contributed by atoms with Crippen LogP contribution in [0.25, 0.3) is 0 Å². The summed E-state index contributed by atoms with van der Waals surface area (Å²) in [7, 11) is 0.846. The molecule has 2 heteroatoms. The third kappa shape index (κ3) is 5.67. The van der Waals surface area contributed by atoms with E-state index in [1.807, 2.05) is 0 Å². The van der Waals surface area contributed by atoms with E-state index in [2.05, 4.69) is 71.9 Å². The third-order valence-electron chi connectivity index (χ3n) is 9.31. The van der Waals surface area contributed by atoms with Crippen LogP contribution in [0.4, 0.5) is 0 Å². The van der Waals surface area contributed by atoms with Crippen LogP contribution in [-0.4, -0.2) is 17.1 Å². The Morgan fingerprint density at radius 1 is 0.839 bits per heavy atom. The van der Waals surface area contributed by atoms with Gasteiger partial charge in [-0.2, -0.15) is 0 Å². The van der Waals surface area contributed by atoms with E-state index >= 15 is 0 Å².